The summed E-state index contributed by atoms with van der Waals surface area (Å²) in [5.41, 5.74) is 0.859. The first-order valence-electron chi connectivity index (χ1n) is 6.22. The van der Waals surface area contributed by atoms with Gasteiger partial charge in [-0.2, -0.15) is 8.42 Å². The molecule has 0 amide bonds. The molecule has 6 heteroatoms. The minimum atomic E-state index is -3.54. The van der Waals surface area contributed by atoms with Crippen LogP contribution in [0.5, 0.6) is 11.5 Å². The van der Waals surface area contributed by atoms with Gasteiger partial charge >= 0.3 is 10.1 Å². The fourth-order valence-electron chi connectivity index (χ4n) is 2.15. The molecule has 110 valence electrons. The lowest BCUT2D eigenvalue weighted by atomic mass is 9.95. The average molecular weight is 298 g/mol. The molecule has 1 aromatic carbocycles. The van der Waals surface area contributed by atoms with Gasteiger partial charge in [-0.3, -0.25) is 0 Å². The normalized spacial score (nSPS) is 24.9. The maximum absolute atomic E-state index is 11.2. The molecule has 0 aromatic heterocycles. The highest BCUT2D eigenvalue weighted by Gasteiger charge is 2.43. The van der Waals surface area contributed by atoms with E-state index in [1.54, 1.807) is 24.3 Å². The number of benzene rings is 1. The Morgan fingerprint density at radius 1 is 1.50 bits per heavy atom. The van der Waals surface area contributed by atoms with Crippen molar-refractivity contribution in [2.45, 2.75) is 25.6 Å². The summed E-state index contributed by atoms with van der Waals surface area (Å²) in [5.74, 6) is 0.0976. The van der Waals surface area contributed by atoms with Crippen molar-refractivity contribution in [1.82, 2.24) is 0 Å². The van der Waals surface area contributed by atoms with Crippen molar-refractivity contribution < 1.29 is 22.1 Å². The Bertz CT molecular complexity index is 622. The SMILES string of the molecule is C=CCOC1(C)Oc2ccc(OS(C)(=O)=O)cc2C1C. The van der Waals surface area contributed by atoms with E-state index in [1.165, 1.54) is 0 Å². The van der Waals surface area contributed by atoms with Gasteiger partial charge in [0.1, 0.15) is 11.5 Å². The second kappa shape index (κ2) is 5.10. The highest BCUT2D eigenvalue weighted by molar-refractivity contribution is 7.86. The summed E-state index contributed by atoms with van der Waals surface area (Å²) >= 11 is 0. The van der Waals surface area contributed by atoms with Crippen LogP contribution in [-0.2, 0) is 14.9 Å². The molecule has 0 radical (unpaired) electrons. The largest absolute Gasteiger partial charge is 0.462 e. The first-order valence-corrected chi connectivity index (χ1v) is 8.04. The maximum Gasteiger partial charge on any atom is 0.306 e. The van der Waals surface area contributed by atoms with Crippen LogP contribution in [0.1, 0.15) is 25.3 Å². The molecule has 0 aliphatic carbocycles. The van der Waals surface area contributed by atoms with Crippen LogP contribution in [0.3, 0.4) is 0 Å². The molecule has 0 spiro atoms. The van der Waals surface area contributed by atoms with E-state index in [0.717, 1.165) is 11.8 Å². The van der Waals surface area contributed by atoms with E-state index in [9.17, 15) is 8.42 Å². The predicted molar refractivity (Wildman–Crippen MR) is 75.5 cm³/mol. The molecule has 2 unspecified atom stereocenters. The van der Waals surface area contributed by atoms with E-state index in [0.29, 0.717) is 12.4 Å². The highest BCUT2D eigenvalue weighted by atomic mass is 32.2. The summed E-state index contributed by atoms with van der Waals surface area (Å²) in [6.45, 7) is 7.79. The van der Waals surface area contributed by atoms with Crippen LogP contribution in [0.25, 0.3) is 0 Å². The van der Waals surface area contributed by atoms with Crippen LogP contribution in [0, 0.1) is 0 Å². The monoisotopic (exact) mass is 298 g/mol. The van der Waals surface area contributed by atoms with Crippen LogP contribution in [0.2, 0.25) is 0 Å². The van der Waals surface area contributed by atoms with Gasteiger partial charge in [-0.25, -0.2) is 0 Å². The van der Waals surface area contributed by atoms with E-state index >= 15 is 0 Å². The fourth-order valence-corrected chi connectivity index (χ4v) is 2.61. The average Bonchev–Trinajstić information content (AvgIpc) is 2.59. The number of hydrogen-bond donors (Lipinski definition) is 0. The summed E-state index contributed by atoms with van der Waals surface area (Å²) in [6.07, 6.45) is 2.67. The van der Waals surface area contributed by atoms with Crippen LogP contribution < -0.4 is 8.92 Å². The van der Waals surface area contributed by atoms with Crippen LogP contribution >= 0.6 is 0 Å². The zero-order valence-corrected chi connectivity index (χ0v) is 12.6. The molecule has 1 heterocycles. The molecule has 1 aromatic rings. The van der Waals surface area contributed by atoms with Gasteiger partial charge in [-0.1, -0.05) is 13.0 Å². The molecule has 0 bridgehead atoms. The van der Waals surface area contributed by atoms with Gasteiger partial charge in [-0.15, -0.1) is 6.58 Å². The van der Waals surface area contributed by atoms with E-state index in [1.807, 2.05) is 13.8 Å². The predicted octanol–water partition coefficient (Wildman–Crippen LogP) is 2.44. The molecule has 2 atom stereocenters. The minimum Gasteiger partial charge on any atom is -0.462 e. The Morgan fingerprint density at radius 2 is 2.20 bits per heavy atom. The Morgan fingerprint density at radius 3 is 2.80 bits per heavy atom. The molecule has 1 aliphatic rings. The third-order valence-electron chi connectivity index (χ3n) is 3.28. The lowest BCUT2D eigenvalue weighted by Gasteiger charge is -2.28. The van der Waals surface area contributed by atoms with Gasteiger partial charge in [0, 0.05) is 12.5 Å². The van der Waals surface area contributed by atoms with Crippen molar-refractivity contribution in [3.05, 3.63) is 36.4 Å². The van der Waals surface area contributed by atoms with Crippen molar-refractivity contribution in [2.24, 2.45) is 0 Å². The lowest BCUT2D eigenvalue weighted by molar-refractivity contribution is -0.161. The summed E-state index contributed by atoms with van der Waals surface area (Å²) in [4.78, 5) is 0. The minimum absolute atomic E-state index is 0.0550. The summed E-state index contributed by atoms with van der Waals surface area (Å²) < 4.78 is 38.7. The zero-order valence-electron chi connectivity index (χ0n) is 11.8. The van der Waals surface area contributed by atoms with Gasteiger partial charge in [-0.05, 0) is 18.2 Å². The lowest BCUT2D eigenvalue weighted by Crippen LogP contribution is -2.36. The Labute approximate surface area is 119 Å². The summed E-state index contributed by atoms with van der Waals surface area (Å²) in [6, 6.07) is 4.92. The Hall–Kier alpha value is -1.53. The third-order valence-corrected chi connectivity index (χ3v) is 3.78. The number of hydrogen-bond acceptors (Lipinski definition) is 5. The maximum atomic E-state index is 11.2. The fraction of sp³-hybridized carbons (Fsp3) is 0.429. The molecule has 0 N–H and O–H groups in total. The quantitative estimate of drug-likeness (QED) is 0.617. The van der Waals surface area contributed by atoms with E-state index in [2.05, 4.69) is 6.58 Å². The first kappa shape index (κ1) is 14.9. The molecule has 0 fully saturated rings. The van der Waals surface area contributed by atoms with Crippen LogP contribution in [0.4, 0.5) is 0 Å². The smallest absolute Gasteiger partial charge is 0.306 e. The van der Waals surface area contributed by atoms with Crippen molar-refractivity contribution in [2.75, 3.05) is 12.9 Å². The third kappa shape index (κ3) is 2.96. The van der Waals surface area contributed by atoms with Crippen molar-refractivity contribution in [3.8, 4) is 11.5 Å². The number of fused-ring (bicyclic) bond motifs is 1. The van der Waals surface area contributed by atoms with Gasteiger partial charge < -0.3 is 13.7 Å². The van der Waals surface area contributed by atoms with Gasteiger partial charge in [0.25, 0.3) is 0 Å². The standard InChI is InChI=1S/C14H18O5S/c1-5-8-17-14(3)10(2)12-9-11(19-20(4,15)16)6-7-13(12)18-14/h5-7,9-10H,1,8H2,2-4H3. The molecule has 2 rings (SSSR count). The highest BCUT2D eigenvalue weighted by Crippen LogP contribution is 2.46. The van der Waals surface area contributed by atoms with Crippen LogP contribution in [-0.4, -0.2) is 27.1 Å². The van der Waals surface area contributed by atoms with Crippen molar-refractivity contribution in [3.63, 3.8) is 0 Å². The first-order chi connectivity index (χ1) is 9.25. The summed E-state index contributed by atoms with van der Waals surface area (Å²) in [5, 5.41) is 0. The Balaban J connectivity index is 2.28. The van der Waals surface area contributed by atoms with Crippen molar-refractivity contribution >= 4 is 10.1 Å². The molecule has 0 saturated heterocycles. The Kier molecular flexibility index (Phi) is 3.80. The van der Waals surface area contributed by atoms with E-state index < -0.39 is 15.9 Å². The molecular weight excluding hydrogens is 280 g/mol. The number of rotatable bonds is 5. The molecule has 5 nitrogen and oxygen atoms in total. The van der Waals surface area contributed by atoms with Gasteiger partial charge in [0.15, 0.2) is 0 Å². The summed E-state index contributed by atoms with van der Waals surface area (Å²) in [7, 11) is -3.54. The molecule has 0 saturated carbocycles. The second-order valence-electron chi connectivity index (χ2n) is 4.93. The zero-order chi connectivity index (χ0) is 15.0. The van der Waals surface area contributed by atoms with Gasteiger partial charge in [0.05, 0.1) is 18.8 Å². The van der Waals surface area contributed by atoms with E-state index in [4.69, 9.17) is 13.7 Å². The van der Waals surface area contributed by atoms with Crippen LogP contribution in [0.15, 0.2) is 30.9 Å². The molecule has 20 heavy (non-hydrogen) atoms. The second-order valence-corrected chi connectivity index (χ2v) is 6.50. The van der Waals surface area contributed by atoms with Crippen molar-refractivity contribution in [1.29, 1.82) is 0 Å². The molecular formula is C14H18O5S. The van der Waals surface area contributed by atoms with E-state index in [-0.39, 0.29) is 11.7 Å². The van der Waals surface area contributed by atoms with Gasteiger partial charge in [0.2, 0.25) is 5.79 Å². The number of ether oxygens (including phenoxy) is 2. The molecule has 1 aliphatic heterocycles. The topological polar surface area (TPSA) is 61.8 Å².